The van der Waals surface area contributed by atoms with Crippen molar-refractivity contribution in [3.63, 3.8) is 0 Å². The highest BCUT2D eigenvalue weighted by Crippen LogP contribution is 2.13. The van der Waals surface area contributed by atoms with E-state index < -0.39 is 0 Å². The maximum absolute atomic E-state index is 13.1. The number of nitrogens with zero attached hydrogens (tertiary/aromatic N) is 3. The van der Waals surface area contributed by atoms with Gasteiger partial charge in [-0.3, -0.25) is 9.48 Å². The minimum absolute atomic E-state index is 0.0304. The first-order valence-electron chi connectivity index (χ1n) is 7.99. The lowest BCUT2D eigenvalue weighted by Gasteiger charge is -2.05. The number of rotatable bonds is 7. The number of H-pyrrole nitrogens is 1. The second-order valence-corrected chi connectivity index (χ2v) is 5.74. The van der Waals surface area contributed by atoms with Crippen LogP contribution in [0.4, 0.5) is 4.39 Å². The number of carbonyl (C=O) groups excluding carboxylic acids is 1. The van der Waals surface area contributed by atoms with Gasteiger partial charge in [-0.25, -0.2) is 9.37 Å². The molecule has 0 atom stereocenters. The van der Waals surface area contributed by atoms with Crippen LogP contribution in [0.1, 0.15) is 24.4 Å². The molecule has 6 nitrogen and oxygen atoms in total. The van der Waals surface area contributed by atoms with Crippen LogP contribution < -0.4 is 5.32 Å². The minimum Gasteiger partial charge on any atom is -0.356 e. The number of nitrogens with one attached hydrogen (secondary N) is 2. The Hall–Kier alpha value is -2.70. The quantitative estimate of drug-likeness (QED) is 0.652. The standard InChI is InChI=1S/C17H20FN5O/c1-23-13(8-10-20-23)5-7-17(24)19-9-2-3-16-21-14-6-4-12(18)11-15(14)22-16/h4,6,8,10-11H,2-3,5,7,9H2,1H3,(H,19,24)(H,21,22). The molecule has 0 aliphatic heterocycles. The number of carbonyl (C=O) groups is 1. The van der Waals surface area contributed by atoms with Crippen molar-refractivity contribution < 1.29 is 9.18 Å². The number of halogens is 1. The smallest absolute Gasteiger partial charge is 0.220 e. The average Bonchev–Trinajstić information content (AvgIpc) is 3.14. The summed E-state index contributed by atoms with van der Waals surface area (Å²) in [4.78, 5) is 19.3. The lowest BCUT2D eigenvalue weighted by Crippen LogP contribution is -2.25. The van der Waals surface area contributed by atoms with Crippen LogP contribution in [0.2, 0.25) is 0 Å². The van der Waals surface area contributed by atoms with Crippen molar-refractivity contribution in [3.05, 3.63) is 47.8 Å². The predicted octanol–water partition coefficient (Wildman–Crippen LogP) is 2.12. The van der Waals surface area contributed by atoms with E-state index in [4.69, 9.17) is 0 Å². The van der Waals surface area contributed by atoms with Crippen LogP contribution in [-0.2, 0) is 24.7 Å². The molecule has 3 aromatic rings. The number of benzene rings is 1. The first-order valence-corrected chi connectivity index (χ1v) is 7.99. The van der Waals surface area contributed by atoms with E-state index in [0.29, 0.717) is 31.3 Å². The van der Waals surface area contributed by atoms with E-state index >= 15 is 0 Å². The van der Waals surface area contributed by atoms with Gasteiger partial charge in [0.2, 0.25) is 5.91 Å². The Morgan fingerprint density at radius 3 is 3.00 bits per heavy atom. The number of amides is 1. The van der Waals surface area contributed by atoms with E-state index in [2.05, 4.69) is 20.4 Å². The summed E-state index contributed by atoms with van der Waals surface area (Å²) in [6, 6.07) is 6.41. The number of hydrogen-bond acceptors (Lipinski definition) is 3. The predicted molar refractivity (Wildman–Crippen MR) is 88.9 cm³/mol. The Bertz CT molecular complexity index is 838. The average molecular weight is 329 g/mol. The molecular weight excluding hydrogens is 309 g/mol. The Labute approximate surface area is 139 Å². The van der Waals surface area contributed by atoms with E-state index in [0.717, 1.165) is 23.5 Å². The van der Waals surface area contributed by atoms with E-state index in [1.165, 1.54) is 12.1 Å². The third kappa shape index (κ3) is 3.98. The molecule has 2 aromatic heterocycles. The van der Waals surface area contributed by atoms with E-state index in [1.54, 1.807) is 16.9 Å². The number of aromatic amines is 1. The molecule has 1 amide bonds. The van der Waals surface area contributed by atoms with Gasteiger partial charge >= 0.3 is 0 Å². The van der Waals surface area contributed by atoms with Crippen molar-refractivity contribution in [2.24, 2.45) is 7.05 Å². The van der Waals surface area contributed by atoms with Gasteiger partial charge in [0.05, 0.1) is 11.0 Å². The molecule has 0 saturated heterocycles. The van der Waals surface area contributed by atoms with Gasteiger partial charge in [0.15, 0.2) is 0 Å². The zero-order chi connectivity index (χ0) is 16.9. The molecule has 2 heterocycles. The summed E-state index contributed by atoms with van der Waals surface area (Å²) in [7, 11) is 1.87. The Morgan fingerprint density at radius 2 is 2.21 bits per heavy atom. The molecule has 0 spiro atoms. The number of fused-ring (bicyclic) bond motifs is 1. The molecule has 0 unspecified atom stereocenters. The van der Waals surface area contributed by atoms with Crippen LogP contribution in [0.25, 0.3) is 11.0 Å². The summed E-state index contributed by atoms with van der Waals surface area (Å²) in [6.07, 6.45) is 4.34. The third-order valence-electron chi connectivity index (χ3n) is 3.94. The number of aromatic nitrogens is 4. The van der Waals surface area contributed by atoms with Crippen LogP contribution in [0.5, 0.6) is 0 Å². The van der Waals surface area contributed by atoms with Gasteiger partial charge in [-0.15, -0.1) is 0 Å². The van der Waals surface area contributed by atoms with Crippen LogP contribution in [0.15, 0.2) is 30.5 Å². The summed E-state index contributed by atoms with van der Waals surface area (Å²) in [5.74, 6) is 0.556. The molecule has 1 aromatic carbocycles. The molecule has 0 aliphatic rings. The van der Waals surface area contributed by atoms with Gasteiger partial charge < -0.3 is 10.3 Å². The van der Waals surface area contributed by atoms with Crippen LogP contribution in [-0.4, -0.2) is 32.2 Å². The topological polar surface area (TPSA) is 75.6 Å². The lowest BCUT2D eigenvalue weighted by atomic mass is 10.2. The fourth-order valence-corrected chi connectivity index (χ4v) is 2.61. The monoisotopic (exact) mass is 329 g/mol. The molecular formula is C17H20FN5O. The van der Waals surface area contributed by atoms with Crippen molar-refractivity contribution in [1.82, 2.24) is 25.1 Å². The fourth-order valence-electron chi connectivity index (χ4n) is 2.61. The molecule has 7 heteroatoms. The lowest BCUT2D eigenvalue weighted by molar-refractivity contribution is -0.121. The Morgan fingerprint density at radius 1 is 1.33 bits per heavy atom. The minimum atomic E-state index is -0.279. The van der Waals surface area contributed by atoms with Gasteiger partial charge in [0.25, 0.3) is 0 Å². The first kappa shape index (κ1) is 16.2. The maximum atomic E-state index is 13.1. The van der Waals surface area contributed by atoms with Crippen molar-refractivity contribution in [1.29, 1.82) is 0 Å². The molecule has 0 aliphatic carbocycles. The first-order chi connectivity index (χ1) is 11.6. The highest BCUT2D eigenvalue weighted by Gasteiger charge is 2.06. The zero-order valence-corrected chi connectivity index (χ0v) is 13.6. The van der Waals surface area contributed by atoms with E-state index in [-0.39, 0.29) is 11.7 Å². The van der Waals surface area contributed by atoms with Crippen molar-refractivity contribution in [2.75, 3.05) is 6.54 Å². The van der Waals surface area contributed by atoms with Crippen LogP contribution >= 0.6 is 0 Å². The molecule has 0 saturated carbocycles. The molecule has 0 bridgehead atoms. The van der Waals surface area contributed by atoms with Gasteiger partial charge in [0, 0.05) is 38.3 Å². The van der Waals surface area contributed by atoms with Gasteiger partial charge in [-0.05, 0) is 37.1 Å². The fraction of sp³-hybridized carbons (Fsp3) is 0.353. The Balaban J connectivity index is 1.39. The third-order valence-corrected chi connectivity index (χ3v) is 3.94. The van der Waals surface area contributed by atoms with Gasteiger partial charge in [-0.2, -0.15) is 5.10 Å². The molecule has 24 heavy (non-hydrogen) atoms. The normalized spacial score (nSPS) is 11.1. The molecule has 0 fully saturated rings. The number of aryl methyl sites for hydroxylation is 3. The second kappa shape index (κ2) is 7.25. The molecule has 0 radical (unpaired) electrons. The summed E-state index contributed by atoms with van der Waals surface area (Å²) in [6.45, 7) is 0.593. The van der Waals surface area contributed by atoms with Crippen molar-refractivity contribution in [2.45, 2.75) is 25.7 Å². The Kier molecular flexibility index (Phi) is 4.88. The highest BCUT2D eigenvalue weighted by molar-refractivity contribution is 5.76. The van der Waals surface area contributed by atoms with Gasteiger partial charge in [-0.1, -0.05) is 0 Å². The van der Waals surface area contributed by atoms with Crippen LogP contribution in [0.3, 0.4) is 0 Å². The van der Waals surface area contributed by atoms with Crippen molar-refractivity contribution >= 4 is 16.9 Å². The second-order valence-electron chi connectivity index (χ2n) is 5.74. The largest absolute Gasteiger partial charge is 0.356 e. The number of hydrogen-bond donors (Lipinski definition) is 2. The zero-order valence-electron chi connectivity index (χ0n) is 13.6. The highest BCUT2D eigenvalue weighted by atomic mass is 19.1. The summed E-state index contributed by atoms with van der Waals surface area (Å²) >= 11 is 0. The summed E-state index contributed by atoms with van der Waals surface area (Å²) in [5, 5.41) is 6.99. The summed E-state index contributed by atoms with van der Waals surface area (Å²) in [5.41, 5.74) is 2.50. The number of imidazole rings is 1. The molecule has 2 N–H and O–H groups in total. The SMILES string of the molecule is Cn1nccc1CCC(=O)NCCCc1nc2ccc(F)cc2[nH]1. The summed E-state index contributed by atoms with van der Waals surface area (Å²) < 4.78 is 14.9. The van der Waals surface area contributed by atoms with Gasteiger partial charge in [0.1, 0.15) is 11.6 Å². The molecule has 3 rings (SSSR count). The van der Waals surface area contributed by atoms with Crippen LogP contribution in [0, 0.1) is 5.82 Å². The van der Waals surface area contributed by atoms with Crippen molar-refractivity contribution in [3.8, 4) is 0 Å². The maximum Gasteiger partial charge on any atom is 0.220 e. The van der Waals surface area contributed by atoms with E-state index in [9.17, 15) is 9.18 Å². The van der Waals surface area contributed by atoms with E-state index in [1.807, 2.05) is 13.1 Å². The molecule has 126 valence electrons.